The lowest BCUT2D eigenvalue weighted by atomic mass is 10.1. The maximum absolute atomic E-state index is 13.4. The van der Waals surface area contributed by atoms with E-state index < -0.39 is 0 Å². The fourth-order valence-corrected chi connectivity index (χ4v) is 4.85. The molecule has 8 heteroatoms. The van der Waals surface area contributed by atoms with E-state index in [0.717, 1.165) is 34.3 Å². The Bertz CT molecular complexity index is 1590. The zero-order valence-corrected chi connectivity index (χ0v) is 20.4. The summed E-state index contributed by atoms with van der Waals surface area (Å²) in [5.74, 6) is 0.503. The maximum Gasteiger partial charge on any atom is 0.263 e. The molecule has 1 amide bonds. The van der Waals surface area contributed by atoms with Crippen molar-refractivity contribution in [3.8, 4) is 0 Å². The van der Waals surface area contributed by atoms with Crippen LogP contribution >= 0.6 is 11.8 Å². The Morgan fingerprint density at radius 1 is 0.971 bits per heavy atom. The Morgan fingerprint density at radius 3 is 2.51 bits per heavy atom. The number of hydrogen-bond acceptors (Lipinski definition) is 5. The van der Waals surface area contributed by atoms with Crippen LogP contribution in [0.4, 0.5) is 5.69 Å². The maximum atomic E-state index is 13.4. The molecule has 0 saturated heterocycles. The molecule has 0 unspecified atom stereocenters. The molecule has 0 saturated carbocycles. The lowest BCUT2D eigenvalue weighted by Crippen LogP contribution is -2.24. The molecule has 7 nitrogen and oxygen atoms in total. The minimum Gasteiger partial charge on any atom is -0.325 e. The topological polar surface area (TPSA) is 81.3 Å². The first-order chi connectivity index (χ1) is 17.0. The largest absolute Gasteiger partial charge is 0.325 e. The van der Waals surface area contributed by atoms with E-state index in [1.165, 1.54) is 11.8 Å². The summed E-state index contributed by atoms with van der Waals surface area (Å²) >= 11 is 1.30. The normalized spacial score (nSPS) is 11.3. The molecule has 35 heavy (non-hydrogen) atoms. The number of carbonyl (C=O) groups is 1. The highest BCUT2D eigenvalue weighted by Crippen LogP contribution is 2.23. The summed E-state index contributed by atoms with van der Waals surface area (Å²) in [5, 5.41) is 12.8. The lowest BCUT2D eigenvalue weighted by molar-refractivity contribution is -0.113. The minimum absolute atomic E-state index is 0.119. The monoisotopic (exact) mass is 483 g/mol. The third-order valence-electron chi connectivity index (χ3n) is 5.94. The van der Waals surface area contributed by atoms with Crippen LogP contribution in [0.3, 0.4) is 0 Å². The number of nitrogens with one attached hydrogen (secondary N) is 1. The number of benzene rings is 3. The minimum atomic E-state index is -0.120. The Labute approximate surface area is 206 Å². The predicted molar refractivity (Wildman–Crippen MR) is 140 cm³/mol. The molecule has 0 aliphatic carbocycles. The van der Waals surface area contributed by atoms with Crippen LogP contribution < -0.4 is 10.9 Å². The van der Waals surface area contributed by atoms with Gasteiger partial charge in [-0.2, -0.15) is 0 Å². The molecule has 0 aliphatic rings. The molecule has 0 bridgehead atoms. The average Bonchev–Trinajstić information content (AvgIpc) is 3.31. The van der Waals surface area contributed by atoms with Gasteiger partial charge >= 0.3 is 0 Å². The second-order valence-electron chi connectivity index (χ2n) is 8.36. The van der Waals surface area contributed by atoms with Gasteiger partial charge in [0.15, 0.2) is 5.16 Å². The first-order valence-corrected chi connectivity index (χ1v) is 12.5. The number of fused-ring (bicyclic) bond motifs is 3. The van der Waals surface area contributed by atoms with Gasteiger partial charge in [0, 0.05) is 5.69 Å². The van der Waals surface area contributed by atoms with Crippen molar-refractivity contribution in [2.45, 2.75) is 32.0 Å². The van der Waals surface area contributed by atoms with Crippen molar-refractivity contribution in [2.75, 3.05) is 11.1 Å². The van der Waals surface area contributed by atoms with Gasteiger partial charge in [-0.05, 0) is 42.7 Å². The van der Waals surface area contributed by atoms with Gasteiger partial charge in [-0.3, -0.25) is 18.6 Å². The van der Waals surface area contributed by atoms with E-state index in [-0.39, 0.29) is 17.2 Å². The third-order valence-corrected chi connectivity index (χ3v) is 6.87. The highest BCUT2D eigenvalue weighted by Gasteiger charge is 2.18. The van der Waals surface area contributed by atoms with Crippen LogP contribution in [0.2, 0.25) is 0 Å². The summed E-state index contributed by atoms with van der Waals surface area (Å²) in [6.45, 7) is 4.47. The van der Waals surface area contributed by atoms with E-state index in [2.05, 4.69) is 22.4 Å². The van der Waals surface area contributed by atoms with Gasteiger partial charge in [0.25, 0.3) is 5.56 Å². The third kappa shape index (κ3) is 4.57. The molecule has 2 heterocycles. The number of para-hydroxylation sites is 2. The number of aromatic nitrogens is 4. The van der Waals surface area contributed by atoms with E-state index in [0.29, 0.717) is 22.9 Å². The van der Waals surface area contributed by atoms with Gasteiger partial charge in [0.05, 0.1) is 23.2 Å². The molecule has 1 N–H and O–H groups in total. The molecule has 3 aromatic carbocycles. The summed E-state index contributed by atoms with van der Waals surface area (Å²) in [5.41, 5.74) is 4.67. The van der Waals surface area contributed by atoms with Crippen molar-refractivity contribution in [2.24, 2.45) is 0 Å². The molecule has 0 radical (unpaired) electrons. The molecule has 0 fully saturated rings. The molecule has 0 atom stereocenters. The van der Waals surface area contributed by atoms with Crippen LogP contribution in [0, 0.1) is 6.92 Å². The summed E-state index contributed by atoms with van der Waals surface area (Å²) < 4.78 is 3.50. The van der Waals surface area contributed by atoms with E-state index in [9.17, 15) is 9.59 Å². The van der Waals surface area contributed by atoms with Gasteiger partial charge in [-0.25, -0.2) is 0 Å². The highest BCUT2D eigenvalue weighted by atomic mass is 32.2. The molecule has 0 aliphatic heterocycles. The van der Waals surface area contributed by atoms with Gasteiger partial charge < -0.3 is 5.32 Å². The average molecular weight is 484 g/mol. The van der Waals surface area contributed by atoms with Crippen LogP contribution in [0.25, 0.3) is 16.7 Å². The van der Waals surface area contributed by atoms with E-state index in [4.69, 9.17) is 0 Å². The zero-order chi connectivity index (χ0) is 24.4. The first kappa shape index (κ1) is 22.9. The molecule has 176 valence electrons. The van der Waals surface area contributed by atoms with Gasteiger partial charge in [0.1, 0.15) is 0 Å². The number of hydrogen-bond donors (Lipinski definition) is 1. The van der Waals surface area contributed by atoms with Crippen molar-refractivity contribution < 1.29 is 4.79 Å². The Balaban J connectivity index is 1.49. The number of amides is 1. The van der Waals surface area contributed by atoms with Gasteiger partial charge in [0.2, 0.25) is 11.7 Å². The summed E-state index contributed by atoms with van der Waals surface area (Å²) in [6, 6.07) is 23.3. The SMILES string of the molecule is CCc1ccccc1NC(=O)CSc1nnc2n(Cc3ccc(C)cc3)c(=O)c3ccccc3n12. The predicted octanol–water partition coefficient (Wildman–Crippen LogP) is 4.69. The second-order valence-corrected chi connectivity index (χ2v) is 9.30. The Hall–Kier alpha value is -3.91. The quantitative estimate of drug-likeness (QED) is 0.340. The summed E-state index contributed by atoms with van der Waals surface area (Å²) in [6.07, 6.45) is 0.836. The molecule has 0 spiro atoms. The van der Waals surface area contributed by atoms with E-state index in [1.807, 2.05) is 84.1 Å². The van der Waals surface area contributed by atoms with Gasteiger partial charge in [-0.15, -0.1) is 10.2 Å². The Morgan fingerprint density at radius 2 is 1.71 bits per heavy atom. The molecular formula is C27H25N5O2S. The standard InChI is InChI=1S/C27H25N5O2S/c1-3-20-8-4-6-10-22(20)28-24(33)17-35-27-30-29-26-31(16-19-14-12-18(2)13-15-19)25(34)21-9-5-7-11-23(21)32(26)27/h4-15H,3,16-17H2,1-2H3,(H,28,33). The Kier molecular flexibility index (Phi) is 6.37. The number of rotatable bonds is 7. The number of thioether (sulfide) groups is 1. The van der Waals surface area contributed by atoms with Crippen molar-refractivity contribution in [3.63, 3.8) is 0 Å². The van der Waals surface area contributed by atoms with Crippen molar-refractivity contribution in [1.82, 2.24) is 19.2 Å². The summed E-state index contributed by atoms with van der Waals surface area (Å²) in [7, 11) is 0. The number of carbonyl (C=O) groups excluding carboxylic acids is 1. The summed E-state index contributed by atoms with van der Waals surface area (Å²) in [4.78, 5) is 26.1. The first-order valence-electron chi connectivity index (χ1n) is 11.5. The molecule has 5 rings (SSSR count). The van der Waals surface area contributed by atoms with Crippen molar-refractivity contribution >= 4 is 40.0 Å². The lowest BCUT2D eigenvalue weighted by Gasteiger charge is -2.12. The van der Waals surface area contributed by atoms with Crippen LogP contribution in [-0.2, 0) is 17.8 Å². The zero-order valence-electron chi connectivity index (χ0n) is 19.6. The number of aryl methyl sites for hydroxylation is 2. The van der Waals surface area contributed by atoms with Gasteiger partial charge in [-0.1, -0.05) is 78.8 Å². The van der Waals surface area contributed by atoms with Crippen LogP contribution in [-0.4, -0.2) is 30.8 Å². The molecule has 2 aromatic heterocycles. The molecular weight excluding hydrogens is 458 g/mol. The number of anilines is 1. The van der Waals surface area contributed by atoms with Crippen LogP contribution in [0.5, 0.6) is 0 Å². The smallest absolute Gasteiger partial charge is 0.263 e. The van der Waals surface area contributed by atoms with Crippen LogP contribution in [0.15, 0.2) is 82.7 Å². The van der Waals surface area contributed by atoms with E-state index >= 15 is 0 Å². The fourth-order valence-electron chi connectivity index (χ4n) is 4.11. The fraction of sp³-hybridized carbons (Fsp3) is 0.185. The van der Waals surface area contributed by atoms with Crippen molar-refractivity contribution in [1.29, 1.82) is 0 Å². The highest BCUT2D eigenvalue weighted by molar-refractivity contribution is 7.99. The van der Waals surface area contributed by atoms with Crippen molar-refractivity contribution in [3.05, 3.63) is 99.8 Å². The second kappa shape index (κ2) is 9.76. The number of nitrogens with zero attached hydrogens (tertiary/aromatic N) is 4. The van der Waals surface area contributed by atoms with E-state index in [1.54, 1.807) is 4.57 Å². The van der Waals surface area contributed by atoms with Crippen LogP contribution in [0.1, 0.15) is 23.6 Å². The molecule has 5 aromatic rings.